The normalized spacial score (nSPS) is 23.5. The summed E-state index contributed by atoms with van der Waals surface area (Å²) in [5.74, 6) is 2.26. The van der Waals surface area contributed by atoms with Gasteiger partial charge in [0.25, 0.3) is 0 Å². The van der Waals surface area contributed by atoms with Gasteiger partial charge in [0.15, 0.2) is 0 Å². The minimum absolute atomic E-state index is 0.107. The molecule has 0 bridgehead atoms. The number of benzene rings is 3. The Balaban J connectivity index is 1.22. The largest absolute Gasteiger partial charge is 0.508 e. The Kier molecular flexibility index (Phi) is 5.92. The number of phenolic OH excluding ortho intramolecular Hbond substituents is 1. The van der Waals surface area contributed by atoms with E-state index in [1.165, 1.54) is 53.9 Å². The highest BCUT2D eigenvalue weighted by atomic mass is 32.2. The molecule has 0 aliphatic carbocycles. The third-order valence-electron chi connectivity index (χ3n) is 7.68. The number of hydrogen-bond acceptors (Lipinski definition) is 5. The van der Waals surface area contributed by atoms with Crippen molar-refractivity contribution in [2.24, 2.45) is 0 Å². The third-order valence-corrected chi connectivity index (χ3v) is 9.02. The van der Waals surface area contributed by atoms with E-state index >= 15 is 0 Å². The summed E-state index contributed by atoms with van der Waals surface area (Å²) in [7, 11) is 0. The number of nitrogens with zero attached hydrogens (tertiary/aromatic N) is 1. The van der Waals surface area contributed by atoms with E-state index < -0.39 is 0 Å². The SMILES string of the molecule is Oc1ccc2c(c1)C1(Cc3ccc(OCCN4CCCCC4)cc3)CSc3ccccc3C1N2. The van der Waals surface area contributed by atoms with Crippen molar-refractivity contribution >= 4 is 17.4 Å². The number of aromatic hydroxyl groups is 1. The van der Waals surface area contributed by atoms with Crippen LogP contribution in [0.15, 0.2) is 71.6 Å². The van der Waals surface area contributed by atoms with E-state index in [1.54, 1.807) is 6.07 Å². The Morgan fingerprint density at radius 2 is 1.82 bits per heavy atom. The quantitative estimate of drug-likeness (QED) is 0.430. The van der Waals surface area contributed by atoms with Crippen LogP contribution in [0.5, 0.6) is 11.5 Å². The summed E-state index contributed by atoms with van der Waals surface area (Å²) < 4.78 is 6.07. The van der Waals surface area contributed by atoms with E-state index in [-0.39, 0.29) is 11.5 Å². The summed E-state index contributed by atoms with van der Waals surface area (Å²) in [6.45, 7) is 4.17. The number of piperidine rings is 1. The maximum Gasteiger partial charge on any atom is 0.119 e. The second-order valence-electron chi connectivity index (χ2n) is 9.86. The summed E-state index contributed by atoms with van der Waals surface area (Å²) in [4.78, 5) is 3.86. The summed E-state index contributed by atoms with van der Waals surface area (Å²) in [5, 5.41) is 14.1. The van der Waals surface area contributed by atoms with Crippen molar-refractivity contribution in [3.63, 3.8) is 0 Å². The van der Waals surface area contributed by atoms with Crippen molar-refractivity contribution < 1.29 is 9.84 Å². The van der Waals surface area contributed by atoms with Gasteiger partial charge in [0.05, 0.1) is 6.04 Å². The molecule has 2 N–H and O–H groups in total. The number of likely N-dealkylation sites (tertiary alicyclic amines) is 1. The maximum absolute atomic E-state index is 10.3. The predicted molar refractivity (Wildman–Crippen MR) is 139 cm³/mol. The van der Waals surface area contributed by atoms with Gasteiger partial charge in [-0.25, -0.2) is 0 Å². The summed E-state index contributed by atoms with van der Waals surface area (Å²) in [6.07, 6.45) is 4.91. The fraction of sp³-hybridized carbons (Fsp3) is 0.379. The van der Waals surface area contributed by atoms with E-state index in [0.29, 0.717) is 5.75 Å². The first-order valence-corrected chi connectivity index (χ1v) is 13.5. The van der Waals surface area contributed by atoms with E-state index in [2.05, 4.69) is 58.7 Å². The number of anilines is 1. The van der Waals surface area contributed by atoms with Crippen molar-refractivity contribution in [2.75, 3.05) is 37.3 Å². The van der Waals surface area contributed by atoms with Crippen LogP contribution in [0.4, 0.5) is 5.69 Å². The van der Waals surface area contributed by atoms with Crippen molar-refractivity contribution in [1.29, 1.82) is 0 Å². The molecule has 0 aromatic heterocycles. The maximum atomic E-state index is 10.3. The monoisotopic (exact) mass is 472 g/mol. The highest BCUT2D eigenvalue weighted by Crippen LogP contribution is 2.57. The molecule has 3 heterocycles. The van der Waals surface area contributed by atoms with Gasteiger partial charge in [-0.2, -0.15) is 0 Å². The predicted octanol–water partition coefficient (Wildman–Crippen LogP) is 6.01. The lowest BCUT2D eigenvalue weighted by Crippen LogP contribution is -2.39. The molecule has 3 aromatic carbocycles. The molecule has 1 fully saturated rings. The van der Waals surface area contributed by atoms with Gasteiger partial charge in [0, 0.05) is 28.3 Å². The van der Waals surface area contributed by atoms with Crippen LogP contribution < -0.4 is 10.1 Å². The van der Waals surface area contributed by atoms with Crippen molar-refractivity contribution in [1.82, 2.24) is 4.90 Å². The van der Waals surface area contributed by atoms with Crippen LogP contribution in [0.25, 0.3) is 0 Å². The van der Waals surface area contributed by atoms with Crippen molar-refractivity contribution in [2.45, 2.75) is 42.0 Å². The fourth-order valence-corrected chi connectivity index (χ4v) is 7.27. The van der Waals surface area contributed by atoms with Crippen molar-refractivity contribution in [3.8, 4) is 11.5 Å². The van der Waals surface area contributed by atoms with Crippen LogP contribution in [-0.2, 0) is 11.8 Å². The number of rotatable bonds is 6. The second kappa shape index (κ2) is 9.20. The highest BCUT2D eigenvalue weighted by molar-refractivity contribution is 7.99. The molecule has 0 saturated carbocycles. The Morgan fingerprint density at radius 1 is 1.00 bits per heavy atom. The average molecular weight is 473 g/mol. The molecule has 5 heteroatoms. The Bertz CT molecular complexity index is 1160. The van der Waals surface area contributed by atoms with Gasteiger partial charge in [-0.3, -0.25) is 4.90 Å². The van der Waals surface area contributed by atoms with Gasteiger partial charge in [-0.15, -0.1) is 11.8 Å². The van der Waals surface area contributed by atoms with Gasteiger partial charge in [0.2, 0.25) is 0 Å². The topological polar surface area (TPSA) is 44.7 Å². The summed E-state index contributed by atoms with van der Waals surface area (Å²) in [6, 6.07) is 23.4. The Morgan fingerprint density at radius 3 is 2.68 bits per heavy atom. The Labute approximate surface area is 206 Å². The zero-order valence-corrected chi connectivity index (χ0v) is 20.3. The van der Waals surface area contributed by atoms with Crippen LogP contribution in [0.2, 0.25) is 0 Å². The molecule has 0 radical (unpaired) electrons. The molecule has 0 amide bonds. The minimum atomic E-state index is -0.107. The number of thioether (sulfide) groups is 1. The number of ether oxygens (including phenoxy) is 1. The van der Waals surface area contributed by atoms with Crippen LogP contribution in [-0.4, -0.2) is 42.0 Å². The van der Waals surface area contributed by atoms with Crippen LogP contribution in [0, 0.1) is 0 Å². The van der Waals surface area contributed by atoms with Gasteiger partial charge < -0.3 is 15.2 Å². The summed E-state index contributed by atoms with van der Waals surface area (Å²) >= 11 is 1.93. The summed E-state index contributed by atoms with van der Waals surface area (Å²) in [5.41, 5.74) is 4.90. The molecule has 1 saturated heterocycles. The molecule has 176 valence electrons. The zero-order chi connectivity index (χ0) is 23.0. The lowest BCUT2D eigenvalue weighted by atomic mass is 9.71. The van der Waals surface area contributed by atoms with Crippen LogP contribution in [0.1, 0.15) is 42.0 Å². The molecule has 3 aliphatic heterocycles. The molecular formula is C29H32N2O2S. The van der Waals surface area contributed by atoms with Gasteiger partial charge in [-0.05, 0) is 85.4 Å². The zero-order valence-electron chi connectivity index (χ0n) is 19.5. The number of phenols is 1. The number of hydrogen-bond donors (Lipinski definition) is 2. The van der Waals surface area contributed by atoms with Crippen LogP contribution in [0.3, 0.4) is 0 Å². The highest BCUT2D eigenvalue weighted by Gasteiger charge is 2.50. The van der Waals surface area contributed by atoms with Crippen molar-refractivity contribution in [3.05, 3.63) is 83.4 Å². The van der Waals surface area contributed by atoms with E-state index in [0.717, 1.165) is 36.8 Å². The van der Waals surface area contributed by atoms with E-state index in [4.69, 9.17) is 4.74 Å². The standard InChI is InChI=1S/C29H32N2O2S/c32-22-10-13-26-25(18-22)29(20-34-27-7-3-2-6-24(27)28(29)30-26)19-21-8-11-23(12-9-21)33-17-16-31-14-4-1-5-15-31/h2-3,6-13,18,28,30,32H,1,4-5,14-17,19-20H2. The smallest absolute Gasteiger partial charge is 0.119 e. The molecule has 6 rings (SSSR count). The van der Waals surface area contributed by atoms with E-state index in [9.17, 15) is 5.11 Å². The van der Waals surface area contributed by atoms with E-state index in [1.807, 2.05) is 23.9 Å². The molecule has 4 nitrogen and oxygen atoms in total. The lowest BCUT2D eigenvalue weighted by molar-refractivity contribution is 0.183. The lowest BCUT2D eigenvalue weighted by Gasteiger charge is -2.40. The fourth-order valence-electron chi connectivity index (χ4n) is 5.90. The first kappa shape index (κ1) is 21.9. The van der Waals surface area contributed by atoms with Gasteiger partial charge in [0.1, 0.15) is 18.1 Å². The second-order valence-corrected chi connectivity index (χ2v) is 10.9. The molecule has 3 aromatic rings. The molecule has 0 spiro atoms. The van der Waals surface area contributed by atoms with Gasteiger partial charge >= 0.3 is 0 Å². The Hall–Kier alpha value is -2.63. The molecule has 34 heavy (non-hydrogen) atoms. The molecule has 3 aliphatic rings. The molecule has 2 unspecified atom stereocenters. The van der Waals surface area contributed by atoms with Crippen LogP contribution >= 0.6 is 11.8 Å². The molecule has 2 atom stereocenters. The van der Waals surface area contributed by atoms with Gasteiger partial charge in [-0.1, -0.05) is 36.8 Å². The number of nitrogens with one attached hydrogen (secondary N) is 1. The molecular weight excluding hydrogens is 440 g/mol. The number of fused-ring (bicyclic) bond motifs is 5. The third kappa shape index (κ3) is 4.05. The first-order valence-electron chi connectivity index (χ1n) is 12.5. The first-order chi connectivity index (χ1) is 16.7. The average Bonchev–Trinajstić information content (AvgIpc) is 3.19. The minimum Gasteiger partial charge on any atom is -0.508 e.